The van der Waals surface area contributed by atoms with E-state index in [0.29, 0.717) is 24.0 Å². The summed E-state index contributed by atoms with van der Waals surface area (Å²) >= 11 is 0. The second kappa shape index (κ2) is 7.59. The molecule has 2 aliphatic rings. The van der Waals surface area contributed by atoms with Crippen LogP contribution >= 0.6 is 0 Å². The van der Waals surface area contributed by atoms with E-state index in [1.165, 1.54) is 0 Å². The lowest BCUT2D eigenvalue weighted by atomic mass is 10.1. The first-order valence-corrected chi connectivity index (χ1v) is 8.96. The molecule has 1 aliphatic carbocycles. The third-order valence-electron chi connectivity index (χ3n) is 4.45. The topological polar surface area (TPSA) is 12.5 Å². The van der Waals surface area contributed by atoms with Gasteiger partial charge in [0.25, 0.3) is 0 Å². The zero-order chi connectivity index (χ0) is 18.7. The SMILES string of the molecule is CC.CC(C)N1CCCOc2c(C#CC3(C(F)(F)F)CC3)cccc21. The van der Waals surface area contributed by atoms with Crippen LogP contribution in [0.2, 0.25) is 0 Å². The molecule has 1 saturated carbocycles. The molecule has 0 saturated heterocycles. The van der Waals surface area contributed by atoms with E-state index in [2.05, 4.69) is 30.6 Å². The summed E-state index contributed by atoms with van der Waals surface area (Å²) in [5.41, 5.74) is -0.343. The van der Waals surface area contributed by atoms with Crippen molar-refractivity contribution in [2.24, 2.45) is 5.41 Å². The molecule has 5 heteroatoms. The lowest BCUT2D eigenvalue weighted by Crippen LogP contribution is -2.31. The van der Waals surface area contributed by atoms with Gasteiger partial charge in [-0.2, -0.15) is 13.2 Å². The van der Waals surface area contributed by atoms with Crippen molar-refractivity contribution in [3.05, 3.63) is 23.8 Å². The Kier molecular flexibility index (Phi) is 5.92. The molecule has 1 aromatic carbocycles. The fourth-order valence-corrected chi connectivity index (χ4v) is 2.86. The van der Waals surface area contributed by atoms with Crippen molar-refractivity contribution in [3.63, 3.8) is 0 Å². The quantitative estimate of drug-likeness (QED) is 0.627. The Hall–Kier alpha value is -1.83. The minimum atomic E-state index is -4.25. The van der Waals surface area contributed by atoms with E-state index < -0.39 is 11.6 Å². The number of halogens is 3. The van der Waals surface area contributed by atoms with Crippen molar-refractivity contribution in [2.45, 2.75) is 59.2 Å². The molecule has 2 nitrogen and oxygen atoms in total. The van der Waals surface area contributed by atoms with Gasteiger partial charge in [0.05, 0.1) is 17.9 Å². The standard InChI is InChI=1S/C18H20F3NO.C2H6/c1-13(2)22-11-4-12-23-16-14(5-3-6-15(16)22)7-8-17(9-10-17)18(19,20)21;1-2/h3,5-6,13H,4,9-12H2,1-2H3;1-2H3. The predicted octanol–water partition coefficient (Wildman–Crippen LogP) is 5.40. The average molecular weight is 353 g/mol. The van der Waals surface area contributed by atoms with Gasteiger partial charge in [0.2, 0.25) is 0 Å². The van der Waals surface area contributed by atoms with E-state index in [0.717, 1.165) is 18.7 Å². The number of hydrogen-bond donors (Lipinski definition) is 0. The van der Waals surface area contributed by atoms with Crippen molar-refractivity contribution in [3.8, 4) is 17.6 Å². The van der Waals surface area contributed by atoms with Crippen molar-refractivity contribution in [1.29, 1.82) is 0 Å². The Labute approximate surface area is 148 Å². The van der Waals surface area contributed by atoms with E-state index >= 15 is 0 Å². The maximum absolute atomic E-state index is 13.0. The van der Waals surface area contributed by atoms with Gasteiger partial charge in [-0.15, -0.1) is 0 Å². The summed E-state index contributed by atoms with van der Waals surface area (Å²) in [5, 5.41) is 0. The van der Waals surface area contributed by atoms with E-state index in [1.807, 2.05) is 26.0 Å². The summed E-state index contributed by atoms with van der Waals surface area (Å²) in [6, 6.07) is 5.81. The third kappa shape index (κ3) is 4.05. The molecule has 1 aliphatic heterocycles. The highest BCUT2D eigenvalue weighted by atomic mass is 19.4. The Morgan fingerprint density at radius 2 is 1.88 bits per heavy atom. The molecule has 0 atom stereocenters. The van der Waals surface area contributed by atoms with Crippen LogP contribution in [-0.2, 0) is 0 Å². The molecule has 0 unspecified atom stereocenters. The zero-order valence-electron chi connectivity index (χ0n) is 15.3. The second-order valence-electron chi connectivity index (χ2n) is 6.47. The summed E-state index contributed by atoms with van der Waals surface area (Å²) in [6.45, 7) is 9.61. The van der Waals surface area contributed by atoms with Crippen LogP contribution in [0, 0.1) is 17.3 Å². The van der Waals surface area contributed by atoms with Crippen molar-refractivity contribution in [1.82, 2.24) is 0 Å². The fourth-order valence-electron chi connectivity index (χ4n) is 2.86. The van der Waals surface area contributed by atoms with Gasteiger partial charge in [-0.1, -0.05) is 31.8 Å². The molecular formula is C20H26F3NO. The van der Waals surface area contributed by atoms with Crippen LogP contribution in [-0.4, -0.2) is 25.4 Å². The minimum absolute atomic E-state index is 0.0947. The average Bonchev–Trinajstić information content (AvgIpc) is 3.38. The van der Waals surface area contributed by atoms with Gasteiger partial charge < -0.3 is 9.64 Å². The highest BCUT2D eigenvalue weighted by molar-refractivity contribution is 5.66. The molecule has 0 aromatic heterocycles. The molecule has 1 fully saturated rings. The van der Waals surface area contributed by atoms with E-state index in [1.54, 1.807) is 6.07 Å². The highest BCUT2D eigenvalue weighted by Gasteiger charge is 2.62. The Bertz CT molecular complexity index is 651. The first-order chi connectivity index (χ1) is 11.8. The molecule has 0 bridgehead atoms. The number of fused-ring (bicyclic) bond motifs is 1. The molecule has 25 heavy (non-hydrogen) atoms. The summed E-state index contributed by atoms with van der Waals surface area (Å²) < 4.78 is 44.9. The summed E-state index contributed by atoms with van der Waals surface area (Å²) in [7, 11) is 0. The maximum atomic E-state index is 13.0. The van der Waals surface area contributed by atoms with Crippen LogP contribution in [0.4, 0.5) is 18.9 Å². The van der Waals surface area contributed by atoms with Gasteiger partial charge in [-0.05, 0) is 45.2 Å². The molecule has 0 amide bonds. The number of ether oxygens (including phenoxy) is 1. The molecule has 1 heterocycles. The van der Waals surface area contributed by atoms with Crippen LogP contribution in [0.1, 0.15) is 52.5 Å². The minimum Gasteiger partial charge on any atom is -0.490 e. The highest BCUT2D eigenvalue weighted by Crippen LogP contribution is 2.57. The monoisotopic (exact) mass is 353 g/mol. The first-order valence-electron chi connectivity index (χ1n) is 8.96. The van der Waals surface area contributed by atoms with Crippen LogP contribution in [0.5, 0.6) is 5.75 Å². The van der Waals surface area contributed by atoms with Gasteiger partial charge in [0, 0.05) is 12.6 Å². The number of para-hydroxylation sites is 1. The van der Waals surface area contributed by atoms with Crippen molar-refractivity contribution in [2.75, 3.05) is 18.1 Å². The number of nitrogens with zero attached hydrogens (tertiary/aromatic N) is 1. The largest absolute Gasteiger partial charge is 0.490 e. The summed E-state index contributed by atoms with van der Waals surface area (Å²) in [4.78, 5) is 2.21. The number of alkyl halides is 3. The molecular weight excluding hydrogens is 327 g/mol. The second-order valence-corrected chi connectivity index (χ2v) is 6.47. The van der Waals surface area contributed by atoms with Gasteiger partial charge in [-0.25, -0.2) is 0 Å². The fraction of sp³-hybridized carbons (Fsp3) is 0.600. The van der Waals surface area contributed by atoms with Gasteiger partial charge in [0.15, 0.2) is 5.75 Å². The molecule has 138 valence electrons. The van der Waals surface area contributed by atoms with E-state index in [9.17, 15) is 13.2 Å². The predicted molar refractivity (Wildman–Crippen MR) is 95.0 cm³/mol. The van der Waals surface area contributed by atoms with Gasteiger partial charge in [0.1, 0.15) is 5.41 Å². The number of rotatable bonds is 1. The molecule has 0 spiro atoms. The number of hydrogen-bond acceptors (Lipinski definition) is 2. The maximum Gasteiger partial charge on any atom is 0.405 e. The van der Waals surface area contributed by atoms with Crippen molar-refractivity contribution >= 4 is 5.69 Å². The molecule has 0 N–H and O–H groups in total. The Morgan fingerprint density at radius 3 is 2.44 bits per heavy atom. The smallest absolute Gasteiger partial charge is 0.405 e. The van der Waals surface area contributed by atoms with Crippen LogP contribution < -0.4 is 9.64 Å². The number of benzene rings is 1. The lowest BCUT2D eigenvalue weighted by Gasteiger charge is -2.28. The first kappa shape index (κ1) is 19.5. The molecule has 3 rings (SSSR count). The van der Waals surface area contributed by atoms with Gasteiger partial charge in [-0.3, -0.25) is 0 Å². The Balaban J connectivity index is 0.00000109. The zero-order valence-corrected chi connectivity index (χ0v) is 15.3. The van der Waals surface area contributed by atoms with Crippen LogP contribution in [0.15, 0.2) is 18.2 Å². The third-order valence-corrected chi connectivity index (χ3v) is 4.45. The molecule has 1 aromatic rings. The van der Waals surface area contributed by atoms with Crippen molar-refractivity contribution < 1.29 is 17.9 Å². The van der Waals surface area contributed by atoms with E-state index in [-0.39, 0.29) is 12.8 Å². The van der Waals surface area contributed by atoms with Gasteiger partial charge >= 0.3 is 6.18 Å². The van der Waals surface area contributed by atoms with Crippen LogP contribution in [0.25, 0.3) is 0 Å². The summed E-state index contributed by atoms with van der Waals surface area (Å²) in [5.74, 6) is 5.83. The summed E-state index contributed by atoms with van der Waals surface area (Å²) in [6.07, 6.45) is -3.18. The van der Waals surface area contributed by atoms with Crippen LogP contribution in [0.3, 0.4) is 0 Å². The lowest BCUT2D eigenvalue weighted by molar-refractivity contribution is -0.168. The van der Waals surface area contributed by atoms with E-state index in [4.69, 9.17) is 4.74 Å². The normalized spacial score (nSPS) is 18.0. The Morgan fingerprint density at radius 1 is 1.20 bits per heavy atom. The number of anilines is 1. The molecule has 0 radical (unpaired) electrons.